The zero-order chi connectivity index (χ0) is 15.0. The number of nitrogens with one attached hydrogen (secondary N) is 2. The summed E-state index contributed by atoms with van der Waals surface area (Å²) in [7, 11) is 0. The molecule has 0 aliphatic rings. The first-order valence-corrected chi connectivity index (χ1v) is 7.78. The van der Waals surface area contributed by atoms with E-state index in [1.165, 1.54) is 12.8 Å². The van der Waals surface area contributed by atoms with Crippen molar-refractivity contribution in [2.24, 2.45) is 0 Å². The van der Waals surface area contributed by atoms with E-state index >= 15 is 0 Å². The number of rotatable bonds is 9. The lowest BCUT2D eigenvalue weighted by Gasteiger charge is -2.18. The predicted molar refractivity (Wildman–Crippen MR) is 82.7 cm³/mol. The van der Waals surface area contributed by atoms with Crippen LogP contribution in [0.5, 0.6) is 0 Å². The number of hydrogen-bond acceptors (Lipinski definition) is 5. The van der Waals surface area contributed by atoms with Gasteiger partial charge in [-0.15, -0.1) is 5.10 Å². The van der Waals surface area contributed by atoms with E-state index in [9.17, 15) is 0 Å². The van der Waals surface area contributed by atoms with Gasteiger partial charge >= 0.3 is 6.01 Å². The lowest BCUT2D eigenvalue weighted by Crippen LogP contribution is -2.35. The standard InChI is InChI=1S/C15H30N4O/c1-6-8-10-12(9-7-2)17-14-19-18-13(20-14)11-16-15(3,4)5/h12,16H,6-11H2,1-5H3,(H,17,19). The van der Waals surface area contributed by atoms with Gasteiger partial charge in [0.2, 0.25) is 5.89 Å². The molecular formula is C15H30N4O. The molecule has 1 heterocycles. The molecule has 0 bridgehead atoms. The summed E-state index contributed by atoms with van der Waals surface area (Å²) < 4.78 is 5.64. The molecule has 0 saturated heterocycles. The smallest absolute Gasteiger partial charge is 0.315 e. The molecule has 0 aliphatic carbocycles. The normalized spacial score (nSPS) is 13.4. The minimum absolute atomic E-state index is 0.0495. The van der Waals surface area contributed by atoms with Crippen LogP contribution in [0.1, 0.15) is 72.6 Å². The van der Waals surface area contributed by atoms with Gasteiger partial charge in [0.15, 0.2) is 0 Å². The molecule has 2 N–H and O–H groups in total. The van der Waals surface area contributed by atoms with Crippen molar-refractivity contribution in [2.75, 3.05) is 5.32 Å². The average molecular weight is 282 g/mol. The van der Waals surface area contributed by atoms with Gasteiger partial charge in [-0.25, -0.2) is 0 Å². The van der Waals surface area contributed by atoms with Crippen LogP contribution in [0.2, 0.25) is 0 Å². The van der Waals surface area contributed by atoms with Crippen LogP contribution in [-0.4, -0.2) is 21.8 Å². The highest BCUT2D eigenvalue weighted by molar-refractivity contribution is 5.19. The molecule has 1 unspecified atom stereocenters. The summed E-state index contributed by atoms with van der Waals surface area (Å²) in [4.78, 5) is 0. The molecule has 0 aliphatic heterocycles. The Kier molecular flexibility index (Phi) is 6.99. The van der Waals surface area contributed by atoms with E-state index in [1.54, 1.807) is 0 Å². The summed E-state index contributed by atoms with van der Waals surface area (Å²) >= 11 is 0. The van der Waals surface area contributed by atoms with Crippen molar-refractivity contribution in [1.82, 2.24) is 15.5 Å². The molecule has 0 spiro atoms. The second-order valence-electron chi connectivity index (χ2n) is 6.38. The fourth-order valence-electron chi connectivity index (χ4n) is 1.99. The molecule has 0 aromatic carbocycles. The quantitative estimate of drug-likeness (QED) is 0.722. The van der Waals surface area contributed by atoms with Gasteiger partial charge in [-0.3, -0.25) is 0 Å². The van der Waals surface area contributed by atoms with Crippen molar-refractivity contribution < 1.29 is 4.42 Å². The summed E-state index contributed by atoms with van der Waals surface area (Å²) in [5.74, 6) is 0.633. The lowest BCUT2D eigenvalue weighted by molar-refractivity contribution is 0.382. The van der Waals surface area contributed by atoms with Gasteiger partial charge in [-0.1, -0.05) is 38.2 Å². The van der Waals surface area contributed by atoms with Crippen molar-refractivity contribution >= 4 is 6.01 Å². The number of nitrogens with zero attached hydrogens (tertiary/aromatic N) is 2. The monoisotopic (exact) mass is 282 g/mol. The minimum atomic E-state index is 0.0495. The molecule has 0 amide bonds. The number of aromatic nitrogens is 2. The largest absolute Gasteiger partial charge is 0.407 e. The number of unbranched alkanes of at least 4 members (excludes halogenated alkanes) is 1. The Morgan fingerprint density at radius 3 is 2.45 bits per heavy atom. The summed E-state index contributed by atoms with van der Waals surface area (Å²) in [6.07, 6.45) is 5.89. The highest BCUT2D eigenvalue weighted by Crippen LogP contribution is 2.14. The van der Waals surface area contributed by atoms with Gasteiger partial charge < -0.3 is 15.1 Å². The third-order valence-electron chi connectivity index (χ3n) is 3.11. The SMILES string of the molecule is CCCCC(CCC)Nc1nnc(CNC(C)(C)C)o1. The second-order valence-corrected chi connectivity index (χ2v) is 6.38. The maximum absolute atomic E-state index is 5.64. The van der Waals surface area contributed by atoms with Crippen LogP contribution in [0.25, 0.3) is 0 Å². The van der Waals surface area contributed by atoms with Gasteiger partial charge in [-0.2, -0.15) is 0 Å². The predicted octanol–water partition coefficient (Wildman–Crippen LogP) is 3.73. The molecule has 1 aromatic heterocycles. The van der Waals surface area contributed by atoms with Crippen LogP contribution in [0.4, 0.5) is 6.01 Å². The zero-order valence-electron chi connectivity index (χ0n) is 13.6. The molecule has 1 atom stereocenters. The molecule has 0 radical (unpaired) electrons. The van der Waals surface area contributed by atoms with Crippen LogP contribution in [0.15, 0.2) is 4.42 Å². The number of anilines is 1. The molecule has 116 valence electrons. The van der Waals surface area contributed by atoms with Crippen LogP contribution in [0.3, 0.4) is 0 Å². The van der Waals surface area contributed by atoms with Crippen LogP contribution >= 0.6 is 0 Å². The topological polar surface area (TPSA) is 63.0 Å². The molecule has 0 fully saturated rings. The van der Waals surface area contributed by atoms with Crippen molar-refractivity contribution in [3.8, 4) is 0 Å². The second kappa shape index (κ2) is 8.25. The van der Waals surface area contributed by atoms with Crippen molar-refractivity contribution in [1.29, 1.82) is 0 Å². The average Bonchev–Trinajstić information content (AvgIpc) is 2.81. The Morgan fingerprint density at radius 2 is 1.85 bits per heavy atom. The third-order valence-corrected chi connectivity index (χ3v) is 3.11. The zero-order valence-corrected chi connectivity index (χ0v) is 13.6. The Morgan fingerprint density at radius 1 is 1.10 bits per heavy atom. The minimum Gasteiger partial charge on any atom is -0.407 e. The lowest BCUT2D eigenvalue weighted by atomic mass is 10.1. The Bertz CT molecular complexity index is 370. The maximum atomic E-state index is 5.64. The highest BCUT2D eigenvalue weighted by atomic mass is 16.4. The fraction of sp³-hybridized carbons (Fsp3) is 0.867. The first-order chi connectivity index (χ1) is 9.44. The third kappa shape index (κ3) is 6.89. The van der Waals surface area contributed by atoms with E-state index in [-0.39, 0.29) is 5.54 Å². The van der Waals surface area contributed by atoms with E-state index in [0.29, 0.717) is 24.5 Å². The van der Waals surface area contributed by atoms with Gasteiger partial charge in [0.1, 0.15) is 0 Å². The van der Waals surface area contributed by atoms with Gasteiger partial charge in [0.25, 0.3) is 0 Å². The molecule has 5 heteroatoms. The van der Waals surface area contributed by atoms with Gasteiger partial charge in [0.05, 0.1) is 6.54 Å². The van der Waals surface area contributed by atoms with Crippen molar-refractivity contribution in [3.05, 3.63) is 5.89 Å². The van der Waals surface area contributed by atoms with Crippen LogP contribution in [-0.2, 0) is 6.54 Å². The molecular weight excluding hydrogens is 252 g/mol. The van der Waals surface area contributed by atoms with Crippen LogP contribution in [0, 0.1) is 0 Å². The van der Waals surface area contributed by atoms with Gasteiger partial charge in [-0.05, 0) is 33.6 Å². The van der Waals surface area contributed by atoms with E-state index in [4.69, 9.17) is 4.42 Å². The highest BCUT2D eigenvalue weighted by Gasteiger charge is 2.14. The van der Waals surface area contributed by atoms with Gasteiger partial charge in [0, 0.05) is 11.6 Å². The molecule has 5 nitrogen and oxygen atoms in total. The van der Waals surface area contributed by atoms with E-state index in [1.807, 2.05) is 0 Å². The van der Waals surface area contributed by atoms with Crippen molar-refractivity contribution in [2.45, 2.75) is 84.8 Å². The summed E-state index contributed by atoms with van der Waals surface area (Å²) in [5.41, 5.74) is 0.0495. The molecule has 0 saturated carbocycles. The fourth-order valence-corrected chi connectivity index (χ4v) is 1.99. The van der Waals surface area contributed by atoms with E-state index < -0.39 is 0 Å². The first kappa shape index (κ1) is 17.0. The van der Waals surface area contributed by atoms with Crippen molar-refractivity contribution in [3.63, 3.8) is 0 Å². The summed E-state index contributed by atoms with van der Waals surface area (Å²) in [5, 5.41) is 14.9. The molecule has 1 rings (SSSR count). The maximum Gasteiger partial charge on any atom is 0.315 e. The molecule has 20 heavy (non-hydrogen) atoms. The van der Waals surface area contributed by atoms with E-state index in [0.717, 1.165) is 19.3 Å². The molecule has 1 aromatic rings. The Balaban J connectivity index is 2.48. The number of hydrogen-bond donors (Lipinski definition) is 2. The first-order valence-electron chi connectivity index (χ1n) is 7.78. The van der Waals surface area contributed by atoms with Crippen LogP contribution < -0.4 is 10.6 Å². The Labute approximate surface area is 122 Å². The summed E-state index contributed by atoms with van der Waals surface area (Å²) in [6, 6.07) is 0.981. The summed E-state index contributed by atoms with van der Waals surface area (Å²) in [6.45, 7) is 11.4. The Hall–Kier alpha value is -1.10. The van der Waals surface area contributed by atoms with E-state index in [2.05, 4.69) is 55.4 Å².